The van der Waals surface area contributed by atoms with Crippen LogP contribution in [0.4, 0.5) is 0 Å². The average Bonchev–Trinajstić information content (AvgIpc) is 2.15. The van der Waals surface area contributed by atoms with E-state index in [1.165, 1.54) is 0 Å². The molecule has 0 aliphatic carbocycles. The van der Waals surface area contributed by atoms with Crippen molar-refractivity contribution in [3.8, 4) is 0 Å². The molecule has 84 valence electrons. The molecule has 0 atom stereocenters. The minimum Gasteiger partial charge on any atom is -0.481 e. The van der Waals surface area contributed by atoms with Gasteiger partial charge in [0.05, 0.1) is 0 Å². The maximum Gasteiger partial charge on any atom is 0.303 e. The second-order valence-electron chi connectivity index (χ2n) is 3.25. The fourth-order valence-corrected chi connectivity index (χ4v) is 1.10. The van der Waals surface area contributed by atoms with Crippen LogP contribution in [0.15, 0.2) is 0 Å². The second kappa shape index (κ2) is 10.5. The minimum absolute atomic E-state index is 0.185. The van der Waals surface area contributed by atoms with Gasteiger partial charge in [0.15, 0.2) is 0 Å². The van der Waals surface area contributed by atoms with Crippen LogP contribution in [0.25, 0.3) is 0 Å². The third-order valence-electron chi connectivity index (χ3n) is 1.88. The minimum atomic E-state index is -0.767. The Morgan fingerprint density at radius 3 is 2.29 bits per heavy atom. The number of carbonyl (C=O) groups is 1. The van der Waals surface area contributed by atoms with Gasteiger partial charge in [-0.1, -0.05) is 12.8 Å². The Morgan fingerprint density at radius 2 is 1.64 bits per heavy atom. The van der Waals surface area contributed by atoms with E-state index in [0.717, 1.165) is 25.7 Å². The fraction of sp³-hybridized carbons (Fsp3) is 0.900. The average molecular weight is 204 g/mol. The normalized spacial score (nSPS) is 10.4. The summed E-state index contributed by atoms with van der Waals surface area (Å²) in [6, 6.07) is 0. The highest BCUT2D eigenvalue weighted by atomic mass is 16.5. The maximum absolute atomic E-state index is 10.1. The molecule has 0 aromatic heterocycles. The quantitative estimate of drug-likeness (QED) is 0.528. The van der Waals surface area contributed by atoms with E-state index in [9.17, 15) is 4.79 Å². The molecule has 0 aromatic carbocycles. The number of rotatable bonds is 10. The molecule has 0 unspecified atom stereocenters. The molecular formula is C10H20O4. The standard InChI is InChI=1S/C10H20O4/c11-7-3-1-2-4-8-14-9-5-6-10(12)13/h11H,1-9H2,(H,12,13). The van der Waals surface area contributed by atoms with Crippen molar-refractivity contribution in [3.05, 3.63) is 0 Å². The number of hydrogen-bond acceptors (Lipinski definition) is 3. The Balaban J connectivity index is 2.88. The van der Waals surface area contributed by atoms with Crippen LogP contribution in [0.5, 0.6) is 0 Å². The molecule has 0 aliphatic rings. The Labute approximate surface area is 84.9 Å². The molecule has 0 saturated carbocycles. The summed E-state index contributed by atoms with van der Waals surface area (Å²) in [6.45, 7) is 1.50. The smallest absolute Gasteiger partial charge is 0.303 e. The van der Waals surface area contributed by atoms with Gasteiger partial charge in [-0.25, -0.2) is 0 Å². The zero-order valence-electron chi connectivity index (χ0n) is 8.57. The molecular weight excluding hydrogens is 184 g/mol. The van der Waals surface area contributed by atoms with Gasteiger partial charge >= 0.3 is 5.97 Å². The van der Waals surface area contributed by atoms with Gasteiger partial charge in [-0.3, -0.25) is 4.79 Å². The van der Waals surface area contributed by atoms with Crippen molar-refractivity contribution < 1.29 is 19.7 Å². The first-order valence-electron chi connectivity index (χ1n) is 5.17. The second-order valence-corrected chi connectivity index (χ2v) is 3.25. The van der Waals surface area contributed by atoms with Crippen molar-refractivity contribution in [2.75, 3.05) is 19.8 Å². The number of aliphatic hydroxyl groups excluding tert-OH is 1. The number of carboxylic acid groups (broad SMARTS) is 1. The summed E-state index contributed by atoms with van der Waals surface area (Å²) < 4.78 is 5.24. The predicted octanol–water partition coefficient (Wildman–Crippen LogP) is 1.42. The van der Waals surface area contributed by atoms with Crippen LogP contribution in [0, 0.1) is 0 Å². The zero-order chi connectivity index (χ0) is 10.6. The van der Waals surface area contributed by atoms with Gasteiger partial charge in [0.2, 0.25) is 0 Å². The molecule has 0 rings (SSSR count). The molecule has 4 heteroatoms. The van der Waals surface area contributed by atoms with Crippen molar-refractivity contribution in [3.63, 3.8) is 0 Å². The first-order valence-corrected chi connectivity index (χ1v) is 5.17. The van der Waals surface area contributed by atoms with E-state index in [2.05, 4.69) is 0 Å². The Morgan fingerprint density at radius 1 is 1.00 bits per heavy atom. The van der Waals surface area contributed by atoms with Crippen LogP contribution < -0.4 is 0 Å². The molecule has 0 amide bonds. The number of hydrogen-bond donors (Lipinski definition) is 2. The van der Waals surface area contributed by atoms with Gasteiger partial charge < -0.3 is 14.9 Å². The Hall–Kier alpha value is -0.610. The Bertz CT molecular complexity index is 136. The molecule has 0 saturated heterocycles. The van der Waals surface area contributed by atoms with E-state index in [1.807, 2.05) is 0 Å². The molecule has 0 fully saturated rings. The van der Waals surface area contributed by atoms with Crippen LogP contribution in [0.1, 0.15) is 38.5 Å². The van der Waals surface area contributed by atoms with Crippen LogP contribution in [0.2, 0.25) is 0 Å². The van der Waals surface area contributed by atoms with Crippen LogP contribution in [-0.4, -0.2) is 36.0 Å². The molecule has 2 N–H and O–H groups in total. The molecule has 0 radical (unpaired) electrons. The largest absolute Gasteiger partial charge is 0.481 e. The summed E-state index contributed by atoms with van der Waals surface area (Å²) in [6.07, 6.45) is 4.73. The lowest BCUT2D eigenvalue weighted by atomic mass is 10.2. The summed E-state index contributed by atoms with van der Waals surface area (Å²) in [4.78, 5) is 10.1. The summed E-state index contributed by atoms with van der Waals surface area (Å²) in [5.41, 5.74) is 0. The lowest BCUT2D eigenvalue weighted by Crippen LogP contribution is -2.01. The number of carboxylic acids is 1. The van der Waals surface area contributed by atoms with Crippen molar-refractivity contribution in [1.29, 1.82) is 0 Å². The molecule has 14 heavy (non-hydrogen) atoms. The highest BCUT2D eigenvalue weighted by Crippen LogP contribution is 1.99. The lowest BCUT2D eigenvalue weighted by molar-refractivity contribution is -0.137. The summed E-state index contributed by atoms with van der Waals surface area (Å²) in [7, 11) is 0. The monoisotopic (exact) mass is 204 g/mol. The number of unbranched alkanes of at least 4 members (excludes halogenated alkanes) is 3. The van der Waals surface area contributed by atoms with E-state index in [1.54, 1.807) is 0 Å². The topological polar surface area (TPSA) is 66.8 Å². The Kier molecular flexibility index (Phi) is 10.0. The van der Waals surface area contributed by atoms with Crippen molar-refractivity contribution in [2.24, 2.45) is 0 Å². The predicted molar refractivity (Wildman–Crippen MR) is 53.2 cm³/mol. The van der Waals surface area contributed by atoms with Gasteiger partial charge in [0.25, 0.3) is 0 Å². The number of ether oxygens (including phenoxy) is 1. The van der Waals surface area contributed by atoms with Gasteiger partial charge in [-0.2, -0.15) is 0 Å². The summed E-state index contributed by atoms with van der Waals surface area (Å²) in [5, 5.41) is 16.8. The highest BCUT2D eigenvalue weighted by Gasteiger charge is 1.96. The SMILES string of the molecule is O=C(O)CCCOCCCCCCO. The van der Waals surface area contributed by atoms with Crippen LogP contribution in [0.3, 0.4) is 0 Å². The fourth-order valence-electron chi connectivity index (χ4n) is 1.10. The van der Waals surface area contributed by atoms with E-state index < -0.39 is 5.97 Å². The summed E-state index contributed by atoms with van der Waals surface area (Å²) >= 11 is 0. The van der Waals surface area contributed by atoms with Crippen molar-refractivity contribution >= 4 is 5.97 Å². The first kappa shape index (κ1) is 13.4. The van der Waals surface area contributed by atoms with E-state index in [4.69, 9.17) is 14.9 Å². The first-order chi connectivity index (χ1) is 6.77. The van der Waals surface area contributed by atoms with Crippen molar-refractivity contribution in [1.82, 2.24) is 0 Å². The molecule has 0 heterocycles. The molecule has 0 spiro atoms. The van der Waals surface area contributed by atoms with Gasteiger partial charge in [0, 0.05) is 26.2 Å². The maximum atomic E-state index is 10.1. The van der Waals surface area contributed by atoms with E-state index >= 15 is 0 Å². The van der Waals surface area contributed by atoms with Crippen LogP contribution >= 0.6 is 0 Å². The van der Waals surface area contributed by atoms with Gasteiger partial charge in [-0.05, 0) is 19.3 Å². The molecule has 4 nitrogen and oxygen atoms in total. The van der Waals surface area contributed by atoms with Gasteiger partial charge in [-0.15, -0.1) is 0 Å². The zero-order valence-corrected chi connectivity index (χ0v) is 8.57. The number of aliphatic carboxylic acids is 1. The van der Waals surface area contributed by atoms with Crippen molar-refractivity contribution in [2.45, 2.75) is 38.5 Å². The molecule has 0 aliphatic heterocycles. The van der Waals surface area contributed by atoms with Crippen LogP contribution in [-0.2, 0) is 9.53 Å². The summed E-state index contributed by atoms with van der Waals surface area (Å²) in [5.74, 6) is -0.767. The van der Waals surface area contributed by atoms with Gasteiger partial charge in [0.1, 0.15) is 0 Å². The highest BCUT2D eigenvalue weighted by molar-refractivity contribution is 5.66. The third-order valence-corrected chi connectivity index (χ3v) is 1.88. The molecule has 0 aromatic rings. The van der Waals surface area contributed by atoms with E-state index in [0.29, 0.717) is 19.6 Å². The third kappa shape index (κ3) is 11.4. The number of aliphatic hydroxyl groups is 1. The molecule has 0 bridgehead atoms. The van der Waals surface area contributed by atoms with E-state index in [-0.39, 0.29) is 13.0 Å². The lowest BCUT2D eigenvalue weighted by Gasteiger charge is -2.02.